The molecule has 0 saturated heterocycles. The van der Waals surface area contributed by atoms with E-state index in [2.05, 4.69) is 47.2 Å². The molecule has 1 aromatic carbocycles. The van der Waals surface area contributed by atoms with Crippen molar-refractivity contribution in [3.8, 4) is 11.1 Å². The van der Waals surface area contributed by atoms with Gasteiger partial charge in [0.25, 0.3) is 0 Å². The number of H-pyrrole nitrogens is 1. The second kappa shape index (κ2) is 4.06. The topological polar surface area (TPSA) is 28.7 Å². The van der Waals surface area contributed by atoms with Crippen molar-refractivity contribution >= 4 is 11.0 Å². The molecule has 0 spiro atoms. The van der Waals surface area contributed by atoms with Crippen LogP contribution in [0.25, 0.3) is 22.2 Å². The van der Waals surface area contributed by atoms with E-state index in [-0.39, 0.29) is 0 Å². The lowest BCUT2D eigenvalue weighted by Gasteiger charge is -2.05. The number of aromatic nitrogens is 2. The molecule has 0 aliphatic heterocycles. The van der Waals surface area contributed by atoms with Crippen LogP contribution < -0.4 is 0 Å². The largest absolute Gasteiger partial charge is 0.346 e. The van der Waals surface area contributed by atoms with Crippen LogP contribution in [-0.2, 0) is 6.42 Å². The normalized spacial score (nSPS) is 10.9. The van der Waals surface area contributed by atoms with Crippen LogP contribution in [-0.4, -0.2) is 9.97 Å². The van der Waals surface area contributed by atoms with Crippen molar-refractivity contribution in [3.05, 3.63) is 54.4 Å². The summed E-state index contributed by atoms with van der Waals surface area (Å²) in [6.07, 6.45) is 4.91. The molecule has 1 N–H and O–H groups in total. The van der Waals surface area contributed by atoms with Gasteiger partial charge in [0, 0.05) is 23.3 Å². The number of nitrogens with zero attached hydrogens (tertiary/aromatic N) is 1. The number of hydrogen-bond acceptors (Lipinski definition) is 1. The maximum Gasteiger partial charge on any atom is 0.137 e. The molecule has 0 unspecified atom stereocenters. The summed E-state index contributed by atoms with van der Waals surface area (Å²) in [4.78, 5) is 7.55. The minimum atomic E-state index is 0.952. The van der Waals surface area contributed by atoms with Crippen molar-refractivity contribution in [1.29, 1.82) is 0 Å². The molecule has 0 atom stereocenters. The molecule has 0 amide bonds. The Bertz CT molecular complexity index is 653. The van der Waals surface area contributed by atoms with Gasteiger partial charge in [-0.25, -0.2) is 4.98 Å². The molecule has 17 heavy (non-hydrogen) atoms. The molecule has 0 aliphatic rings. The number of hydrogen-bond donors (Lipinski definition) is 1. The van der Waals surface area contributed by atoms with E-state index in [0.717, 1.165) is 12.1 Å². The highest BCUT2D eigenvalue weighted by Gasteiger charge is 2.08. The first kappa shape index (κ1) is 10.1. The fourth-order valence-electron chi connectivity index (χ4n) is 2.27. The third kappa shape index (κ3) is 1.62. The van der Waals surface area contributed by atoms with Crippen LogP contribution in [0.4, 0.5) is 0 Å². The number of aromatic amines is 1. The molecule has 0 fully saturated rings. The van der Waals surface area contributed by atoms with E-state index in [0.29, 0.717) is 0 Å². The maximum atomic E-state index is 4.33. The highest BCUT2D eigenvalue weighted by Crippen LogP contribution is 2.30. The van der Waals surface area contributed by atoms with Gasteiger partial charge in [0.2, 0.25) is 0 Å². The Labute approximate surface area is 100 Å². The zero-order valence-corrected chi connectivity index (χ0v) is 9.77. The van der Waals surface area contributed by atoms with Gasteiger partial charge in [0.05, 0.1) is 0 Å². The highest BCUT2D eigenvalue weighted by molar-refractivity contribution is 5.94. The van der Waals surface area contributed by atoms with Gasteiger partial charge >= 0.3 is 0 Å². The van der Waals surface area contributed by atoms with Crippen LogP contribution >= 0.6 is 0 Å². The molecule has 0 saturated carbocycles. The second-order valence-corrected chi connectivity index (χ2v) is 4.11. The first-order chi connectivity index (χ1) is 8.40. The van der Waals surface area contributed by atoms with Gasteiger partial charge in [0.15, 0.2) is 0 Å². The zero-order valence-electron chi connectivity index (χ0n) is 9.77. The van der Waals surface area contributed by atoms with E-state index in [1.54, 1.807) is 0 Å². The van der Waals surface area contributed by atoms with Gasteiger partial charge in [-0.15, -0.1) is 0 Å². The van der Waals surface area contributed by atoms with Crippen molar-refractivity contribution < 1.29 is 0 Å². The Morgan fingerprint density at radius 1 is 1.06 bits per heavy atom. The van der Waals surface area contributed by atoms with Gasteiger partial charge in [-0.1, -0.05) is 31.2 Å². The van der Waals surface area contributed by atoms with Crippen molar-refractivity contribution in [2.24, 2.45) is 0 Å². The Kier molecular flexibility index (Phi) is 2.41. The zero-order chi connectivity index (χ0) is 11.7. The summed E-state index contributed by atoms with van der Waals surface area (Å²) in [7, 11) is 0. The van der Waals surface area contributed by atoms with E-state index < -0.39 is 0 Å². The molecule has 0 radical (unpaired) electrons. The fourth-order valence-corrected chi connectivity index (χ4v) is 2.27. The summed E-state index contributed by atoms with van der Waals surface area (Å²) in [5.74, 6) is 0. The molecule has 2 nitrogen and oxygen atoms in total. The van der Waals surface area contributed by atoms with Crippen LogP contribution in [0, 0.1) is 0 Å². The summed E-state index contributed by atoms with van der Waals surface area (Å²) in [5.41, 5.74) is 4.87. The van der Waals surface area contributed by atoms with Crippen LogP contribution in [0.3, 0.4) is 0 Å². The van der Waals surface area contributed by atoms with Crippen molar-refractivity contribution in [1.82, 2.24) is 9.97 Å². The summed E-state index contributed by atoms with van der Waals surface area (Å²) in [5, 5.41) is 1.19. The van der Waals surface area contributed by atoms with Gasteiger partial charge < -0.3 is 4.98 Å². The van der Waals surface area contributed by atoms with Crippen molar-refractivity contribution in [2.45, 2.75) is 13.3 Å². The van der Waals surface area contributed by atoms with E-state index in [1.807, 2.05) is 18.5 Å². The van der Waals surface area contributed by atoms with Gasteiger partial charge in [0.1, 0.15) is 5.65 Å². The third-order valence-corrected chi connectivity index (χ3v) is 3.14. The molecule has 2 heteroatoms. The SMILES string of the molecule is CCc1ccccc1-c1c[nH]c2ncccc12. The summed E-state index contributed by atoms with van der Waals surface area (Å²) in [6.45, 7) is 2.19. The Balaban J connectivity index is 2.27. The van der Waals surface area contributed by atoms with Gasteiger partial charge in [-0.3, -0.25) is 0 Å². The van der Waals surface area contributed by atoms with E-state index in [1.165, 1.54) is 22.1 Å². The highest BCUT2D eigenvalue weighted by atomic mass is 14.8. The van der Waals surface area contributed by atoms with Crippen LogP contribution in [0.1, 0.15) is 12.5 Å². The van der Waals surface area contributed by atoms with Gasteiger partial charge in [-0.2, -0.15) is 0 Å². The molecule has 2 heterocycles. The van der Waals surface area contributed by atoms with Crippen molar-refractivity contribution in [2.75, 3.05) is 0 Å². The van der Waals surface area contributed by atoms with Crippen molar-refractivity contribution in [3.63, 3.8) is 0 Å². The molecular formula is C15H14N2. The van der Waals surface area contributed by atoms with E-state index >= 15 is 0 Å². The number of nitrogens with one attached hydrogen (secondary N) is 1. The lowest BCUT2D eigenvalue weighted by atomic mass is 9.98. The Morgan fingerprint density at radius 3 is 2.82 bits per heavy atom. The maximum absolute atomic E-state index is 4.33. The fraction of sp³-hybridized carbons (Fsp3) is 0.133. The Hall–Kier alpha value is -2.09. The van der Waals surface area contributed by atoms with Crippen LogP contribution in [0.2, 0.25) is 0 Å². The summed E-state index contributed by atoms with van der Waals surface area (Å²) in [6, 6.07) is 12.6. The molecule has 84 valence electrons. The quantitative estimate of drug-likeness (QED) is 0.702. The second-order valence-electron chi connectivity index (χ2n) is 4.11. The summed E-state index contributed by atoms with van der Waals surface area (Å²) < 4.78 is 0. The van der Waals surface area contributed by atoms with Crippen LogP contribution in [0.15, 0.2) is 48.8 Å². The Morgan fingerprint density at radius 2 is 1.94 bits per heavy atom. The molecule has 2 aromatic heterocycles. The minimum Gasteiger partial charge on any atom is -0.346 e. The average molecular weight is 222 g/mol. The standard InChI is InChI=1S/C15H14N2/c1-2-11-6-3-4-7-12(11)14-10-17-15-13(14)8-5-9-16-15/h3-10H,2H2,1H3,(H,16,17). The predicted molar refractivity (Wildman–Crippen MR) is 70.9 cm³/mol. The molecule has 0 aliphatic carbocycles. The third-order valence-electron chi connectivity index (χ3n) is 3.14. The van der Waals surface area contributed by atoms with Crippen LogP contribution in [0.5, 0.6) is 0 Å². The smallest absolute Gasteiger partial charge is 0.137 e. The monoisotopic (exact) mass is 222 g/mol. The first-order valence-corrected chi connectivity index (χ1v) is 5.90. The minimum absolute atomic E-state index is 0.952. The average Bonchev–Trinajstić information content (AvgIpc) is 2.82. The predicted octanol–water partition coefficient (Wildman–Crippen LogP) is 3.79. The number of pyridine rings is 1. The number of rotatable bonds is 2. The van der Waals surface area contributed by atoms with E-state index in [4.69, 9.17) is 0 Å². The van der Waals surface area contributed by atoms with Gasteiger partial charge in [-0.05, 0) is 29.7 Å². The number of aryl methyl sites for hydroxylation is 1. The molecular weight excluding hydrogens is 208 g/mol. The number of benzene rings is 1. The molecule has 3 aromatic rings. The lowest BCUT2D eigenvalue weighted by Crippen LogP contribution is -1.85. The first-order valence-electron chi connectivity index (χ1n) is 5.90. The summed E-state index contributed by atoms with van der Waals surface area (Å²) >= 11 is 0. The molecule has 3 rings (SSSR count). The molecule has 0 bridgehead atoms. The number of fused-ring (bicyclic) bond motifs is 1. The lowest BCUT2D eigenvalue weighted by molar-refractivity contribution is 1.14. The van der Waals surface area contributed by atoms with E-state index in [9.17, 15) is 0 Å².